The largest absolute Gasteiger partial charge is 0.507 e. The van der Waals surface area contributed by atoms with E-state index in [0.717, 1.165) is 28.9 Å². The number of aromatic carboxylic acids is 1. The minimum atomic E-state index is -1.11. The third kappa shape index (κ3) is 2.75. The van der Waals surface area contributed by atoms with Gasteiger partial charge in [-0.1, -0.05) is 36.4 Å². The van der Waals surface area contributed by atoms with Crippen molar-refractivity contribution in [1.29, 1.82) is 0 Å². The van der Waals surface area contributed by atoms with Crippen LogP contribution in [0, 0.1) is 17.8 Å². The number of hydrogen-bond donors (Lipinski definition) is 2. The average molecular weight is 399 g/mol. The number of fused-ring (bicyclic) bond motifs is 1. The van der Waals surface area contributed by atoms with Gasteiger partial charge in [-0.25, -0.2) is 4.79 Å². The van der Waals surface area contributed by atoms with Crippen molar-refractivity contribution in [1.82, 2.24) is 0 Å². The molecule has 0 aliphatic heterocycles. The molecule has 152 valence electrons. The SMILES string of the molecule is O=C(O)c1ccc(-c2ccc3ccc(C45CC6CC(CC(C6)C4)C5)cc3c2)cc1O. The van der Waals surface area contributed by atoms with E-state index >= 15 is 0 Å². The molecule has 4 aliphatic rings. The fourth-order valence-electron chi connectivity index (χ4n) is 7.11. The maximum atomic E-state index is 11.2. The molecule has 4 aliphatic carbocycles. The number of carbonyl (C=O) groups is 1. The van der Waals surface area contributed by atoms with Gasteiger partial charge in [-0.3, -0.25) is 0 Å². The van der Waals surface area contributed by atoms with Gasteiger partial charge in [0.2, 0.25) is 0 Å². The number of carboxylic acids is 1. The van der Waals surface area contributed by atoms with E-state index in [0.29, 0.717) is 5.41 Å². The first-order valence-corrected chi connectivity index (χ1v) is 11.1. The molecule has 0 spiro atoms. The van der Waals surface area contributed by atoms with Crippen LogP contribution in [0.4, 0.5) is 0 Å². The van der Waals surface area contributed by atoms with Crippen LogP contribution in [0.1, 0.15) is 54.4 Å². The summed E-state index contributed by atoms with van der Waals surface area (Å²) in [5.41, 5.74) is 3.65. The van der Waals surface area contributed by atoms with E-state index in [1.165, 1.54) is 60.9 Å². The molecule has 0 atom stereocenters. The number of rotatable bonds is 3. The van der Waals surface area contributed by atoms with Crippen LogP contribution in [0.5, 0.6) is 5.75 Å². The molecule has 3 aromatic carbocycles. The third-order valence-electron chi connectivity index (χ3n) is 8.05. The normalized spacial score (nSPS) is 29.4. The minimum Gasteiger partial charge on any atom is -0.507 e. The summed E-state index contributed by atoms with van der Waals surface area (Å²) in [5, 5.41) is 21.7. The number of phenols is 1. The monoisotopic (exact) mass is 398 g/mol. The van der Waals surface area contributed by atoms with Crippen LogP contribution in [0.25, 0.3) is 21.9 Å². The van der Waals surface area contributed by atoms with Gasteiger partial charge in [0.05, 0.1) is 0 Å². The quantitative estimate of drug-likeness (QED) is 0.538. The van der Waals surface area contributed by atoms with Crippen molar-refractivity contribution in [2.75, 3.05) is 0 Å². The molecule has 3 heteroatoms. The summed E-state index contributed by atoms with van der Waals surface area (Å²) >= 11 is 0. The molecular formula is C27H26O3. The van der Waals surface area contributed by atoms with E-state index in [1.807, 2.05) is 6.07 Å². The van der Waals surface area contributed by atoms with Gasteiger partial charge in [-0.05, 0) is 107 Å². The Hall–Kier alpha value is -2.81. The highest BCUT2D eigenvalue weighted by Crippen LogP contribution is 2.60. The second-order valence-electron chi connectivity index (χ2n) is 10.0. The van der Waals surface area contributed by atoms with E-state index in [1.54, 1.807) is 12.1 Å². The highest BCUT2D eigenvalue weighted by Gasteiger charge is 2.51. The molecule has 0 aromatic heterocycles. The highest BCUT2D eigenvalue weighted by atomic mass is 16.4. The summed E-state index contributed by atoms with van der Waals surface area (Å²) in [6.45, 7) is 0. The maximum absolute atomic E-state index is 11.2. The second-order valence-corrected chi connectivity index (χ2v) is 10.0. The Bertz CT molecular complexity index is 1140. The molecule has 4 saturated carbocycles. The molecule has 4 bridgehead atoms. The van der Waals surface area contributed by atoms with E-state index in [9.17, 15) is 9.90 Å². The molecule has 3 nitrogen and oxygen atoms in total. The lowest BCUT2D eigenvalue weighted by Crippen LogP contribution is -2.48. The first kappa shape index (κ1) is 18.0. The molecule has 7 rings (SSSR count). The third-order valence-corrected chi connectivity index (χ3v) is 8.05. The zero-order chi connectivity index (χ0) is 20.5. The van der Waals surface area contributed by atoms with Gasteiger partial charge in [-0.15, -0.1) is 0 Å². The standard InChI is InChI=1S/C27H26O3/c28-25-12-21(4-6-24(25)26(29)30)20-2-1-19-3-5-23(11-22(19)10-20)27-13-16-7-17(14-27)9-18(8-16)15-27/h1-6,10-12,16-18,28H,7-9,13-15H2,(H,29,30). The lowest BCUT2D eigenvalue weighted by molar-refractivity contribution is -0.00513. The van der Waals surface area contributed by atoms with Gasteiger partial charge in [0.15, 0.2) is 0 Å². The van der Waals surface area contributed by atoms with Crippen molar-refractivity contribution in [3.63, 3.8) is 0 Å². The van der Waals surface area contributed by atoms with Crippen LogP contribution >= 0.6 is 0 Å². The molecule has 0 unspecified atom stereocenters. The number of aromatic hydroxyl groups is 1. The number of hydrogen-bond acceptors (Lipinski definition) is 2. The van der Waals surface area contributed by atoms with E-state index in [-0.39, 0.29) is 11.3 Å². The van der Waals surface area contributed by atoms with Crippen LogP contribution in [0.2, 0.25) is 0 Å². The predicted octanol–water partition coefficient (Wildman–Crippen LogP) is 6.38. The van der Waals surface area contributed by atoms with Crippen LogP contribution in [0.3, 0.4) is 0 Å². The van der Waals surface area contributed by atoms with Crippen molar-refractivity contribution >= 4 is 16.7 Å². The van der Waals surface area contributed by atoms with E-state index in [4.69, 9.17) is 5.11 Å². The summed E-state index contributed by atoms with van der Waals surface area (Å²) < 4.78 is 0. The van der Waals surface area contributed by atoms with E-state index < -0.39 is 5.97 Å². The molecule has 0 heterocycles. The highest BCUT2D eigenvalue weighted by molar-refractivity contribution is 5.93. The Morgan fingerprint density at radius 1 is 0.767 bits per heavy atom. The zero-order valence-electron chi connectivity index (χ0n) is 17.0. The average Bonchev–Trinajstić information content (AvgIpc) is 2.71. The smallest absolute Gasteiger partial charge is 0.339 e. The van der Waals surface area contributed by atoms with Gasteiger partial charge in [0, 0.05) is 0 Å². The Labute approximate surface area is 176 Å². The Balaban J connectivity index is 1.40. The predicted molar refractivity (Wildman–Crippen MR) is 118 cm³/mol. The van der Waals surface area contributed by atoms with Crippen molar-refractivity contribution < 1.29 is 15.0 Å². The molecule has 4 fully saturated rings. The first-order chi connectivity index (χ1) is 14.5. The second kappa shape index (κ2) is 6.34. The molecule has 0 radical (unpaired) electrons. The minimum absolute atomic E-state index is 0.0661. The van der Waals surface area contributed by atoms with Gasteiger partial charge >= 0.3 is 5.97 Å². The molecule has 0 amide bonds. The van der Waals surface area contributed by atoms with Crippen LogP contribution in [-0.4, -0.2) is 16.2 Å². The van der Waals surface area contributed by atoms with Gasteiger partial charge in [-0.2, -0.15) is 0 Å². The number of carboxylic acid groups (broad SMARTS) is 1. The van der Waals surface area contributed by atoms with E-state index in [2.05, 4.69) is 30.3 Å². The summed E-state index contributed by atoms with van der Waals surface area (Å²) in [5.74, 6) is 1.47. The topological polar surface area (TPSA) is 57.5 Å². The van der Waals surface area contributed by atoms with Crippen molar-refractivity contribution in [2.24, 2.45) is 17.8 Å². The summed E-state index contributed by atoms with van der Waals surface area (Å²) in [6, 6.07) is 18.2. The summed E-state index contributed by atoms with van der Waals surface area (Å²) in [4.78, 5) is 11.2. The Kier molecular flexibility index (Phi) is 3.80. The summed E-state index contributed by atoms with van der Waals surface area (Å²) in [7, 11) is 0. The fraction of sp³-hybridized carbons (Fsp3) is 0.370. The fourth-order valence-corrected chi connectivity index (χ4v) is 7.11. The van der Waals surface area contributed by atoms with Gasteiger partial charge in [0.25, 0.3) is 0 Å². The van der Waals surface area contributed by atoms with Gasteiger partial charge < -0.3 is 10.2 Å². The lowest BCUT2D eigenvalue weighted by Gasteiger charge is -2.57. The van der Waals surface area contributed by atoms with Gasteiger partial charge in [0.1, 0.15) is 11.3 Å². The Morgan fingerprint density at radius 2 is 1.37 bits per heavy atom. The van der Waals surface area contributed by atoms with Crippen molar-refractivity contribution in [2.45, 2.75) is 43.9 Å². The van der Waals surface area contributed by atoms with Crippen LogP contribution < -0.4 is 0 Å². The van der Waals surface area contributed by atoms with Crippen LogP contribution in [0.15, 0.2) is 54.6 Å². The molecule has 30 heavy (non-hydrogen) atoms. The molecule has 3 aromatic rings. The molecular weight excluding hydrogens is 372 g/mol. The van der Waals surface area contributed by atoms with Crippen molar-refractivity contribution in [3.8, 4) is 16.9 Å². The zero-order valence-corrected chi connectivity index (χ0v) is 17.0. The number of benzene rings is 3. The van der Waals surface area contributed by atoms with Crippen LogP contribution in [-0.2, 0) is 5.41 Å². The van der Waals surface area contributed by atoms with Crippen molar-refractivity contribution in [3.05, 3.63) is 65.7 Å². The maximum Gasteiger partial charge on any atom is 0.339 e. The molecule has 0 saturated heterocycles. The Morgan fingerprint density at radius 3 is 2.00 bits per heavy atom. The molecule has 2 N–H and O–H groups in total. The first-order valence-electron chi connectivity index (χ1n) is 11.1. The summed E-state index contributed by atoms with van der Waals surface area (Å²) in [6.07, 6.45) is 8.42. The lowest BCUT2D eigenvalue weighted by atomic mass is 9.48.